The largest absolute Gasteiger partial charge is 0.377 e. The maximum atomic E-state index is 13.4. The van der Waals surface area contributed by atoms with E-state index < -0.39 is 0 Å². The van der Waals surface area contributed by atoms with Gasteiger partial charge in [-0.15, -0.1) is 0 Å². The summed E-state index contributed by atoms with van der Waals surface area (Å²) in [7, 11) is 4.03. The summed E-state index contributed by atoms with van der Waals surface area (Å²) in [5.41, 5.74) is 2.93. The maximum absolute atomic E-state index is 13.4. The minimum atomic E-state index is 0.0319. The van der Waals surface area contributed by atoms with Crippen LogP contribution in [0.15, 0.2) is 18.2 Å². The Morgan fingerprint density at radius 3 is 2.41 bits per heavy atom. The Morgan fingerprint density at radius 2 is 1.81 bits per heavy atom. The van der Waals surface area contributed by atoms with Crippen LogP contribution in [-0.2, 0) is 20.9 Å². The molecule has 1 heterocycles. The van der Waals surface area contributed by atoms with Gasteiger partial charge < -0.3 is 19.9 Å². The predicted octanol–water partition coefficient (Wildman–Crippen LogP) is 4.83. The minimum absolute atomic E-state index is 0.0319. The molecule has 1 atom stereocenters. The van der Waals surface area contributed by atoms with Crippen LogP contribution in [0.25, 0.3) is 0 Å². The van der Waals surface area contributed by atoms with Crippen molar-refractivity contribution in [3.63, 3.8) is 0 Å². The van der Waals surface area contributed by atoms with Gasteiger partial charge in [0.15, 0.2) is 0 Å². The van der Waals surface area contributed by atoms with Crippen molar-refractivity contribution in [3.05, 3.63) is 23.8 Å². The molecule has 1 saturated carbocycles. The van der Waals surface area contributed by atoms with Crippen molar-refractivity contribution in [2.24, 2.45) is 11.8 Å². The van der Waals surface area contributed by atoms with Crippen LogP contribution in [0.2, 0.25) is 0 Å². The monoisotopic (exact) mass is 443 g/mol. The first kappa shape index (κ1) is 24.6. The van der Waals surface area contributed by atoms with Crippen LogP contribution < -0.4 is 10.2 Å². The molecule has 1 N–H and O–H groups in total. The van der Waals surface area contributed by atoms with E-state index in [0.717, 1.165) is 74.9 Å². The second-order valence-corrected chi connectivity index (χ2v) is 9.58. The van der Waals surface area contributed by atoms with Gasteiger partial charge in [-0.25, -0.2) is 0 Å². The highest BCUT2D eigenvalue weighted by Crippen LogP contribution is 2.29. The van der Waals surface area contributed by atoms with Crippen molar-refractivity contribution in [1.82, 2.24) is 4.90 Å². The number of nitrogens with zero attached hydrogens (tertiary/aromatic N) is 2. The second-order valence-electron chi connectivity index (χ2n) is 9.58. The zero-order valence-corrected chi connectivity index (χ0v) is 20.4. The van der Waals surface area contributed by atoms with E-state index in [1.807, 2.05) is 37.2 Å². The van der Waals surface area contributed by atoms with Gasteiger partial charge >= 0.3 is 0 Å². The Morgan fingerprint density at radius 1 is 1.09 bits per heavy atom. The molecular weight excluding hydrogens is 402 g/mol. The van der Waals surface area contributed by atoms with Crippen molar-refractivity contribution in [1.29, 1.82) is 0 Å². The van der Waals surface area contributed by atoms with E-state index in [-0.39, 0.29) is 29.8 Å². The molecule has 178 valence electrons. The van der Waals surface area contributed by atoms with Crippen LogP contribution in [0.3, 0.4) is 0 Å². The van der Waals surface area contributed by atoms with E-state index >= 15 is 0 Å². The van der Waals surface area contributed by atoms with Gasteiger partial charge in [0.05, 0.1) is 6.10 Å². The lowest BCUT2D eigenvalue weighted by atomic mass is 10.0. The molecular formula is C26H41N3O3. The van der Waals surface area contributed by atoms with Crippen molar-refractivity contribution < 1.29 is 14.3 Å². The van der Waals surface area contributed by atoms with E-state index in [1.165, 1.54) is 0 Å². The highest BCUT2D eigenvalue weighted by molar-refractivity contribution is 5.93. The number of nitrogens with one attached hydrogen (secondary N) is 1. The molecule has 0 spiro atoms. The fourth-order valence-electron chi connectivity index (χ4n) is 5.03. The minimum Gasteiger partial charge on any atom is -0.377 e. The van der Waals surface area contributed by atoms with Gasteiger partial charge in [-0.2, -0.15) is 0 Å². The van der Waals surface area contributed by atoms with Crippen molar-refractivity contribution in [3.8, 4) is 0 Å². The average molecular weight is 444 g/mol. The fraction of sp³-hybridized carbons (Fsp3) is 0.692. The molecule has 2 aliphatic rings. The Hall–Kier alpha value is -2.08. The summed E-state index contributed by atoms with van der Waals surface area (Å²) in [4.78, 5) is 30.1. The smallest absolute Gasteiger partial charge is 0.227 e. The Kier molecular flexibility index (Phi) is 8.97. The standard InChI is InChI=1S/C26H41N3O3/c1-5-19(6-2)26(31)29(18-23-12-9-15-32-23)17-21-16-22(13-14-24(21)28(3)4)27-25(30)20-10-7-8-11-20/h13-14,16,19-20,23H,5-12,15,17-18H2,1-4H3,(H,27,30)/t23-/m0/s1. The lowest BCUT2D eigenvalue weighted by molar-refractivity contribution is -0.138. The molecule has 0 bridgehead atoms. The second kappa shape index (κ2) is 11.7. The average Bonchev–Trinajstić information content (AvgIpc) is 3.48. The summed E-state index contributed by atoms with van der Waals surface area (Å²) in [5, 5.41) is 3.13. The number of hydrogen-bond acceptors (Lipinski definition) is 4. The fourth-order valence-corrected chi connectivity index (χ4v) is 5.03. The van der Waals surface area contributed by atoms with Gasteiger partial charge in [0.1, 0.15) is 0 Å². The summed E-state index contributed by atoms with van der Waals surface area (Å²) in [5.74, 6) is 0.481. The van der Waals surface area contributed by atoms with Gasteiger partial charge in [0, 0.05) is 57.0 Å². The normalized spacial score (nSPS) is 18.8. The first-order chi connectivity index (χ1) is 15.4. The third kappa shape index (κ3) is 6.25. The molecule has 6 nitrogen and oxygen atoms in total. The molecule has 1 aromatic carbocycles. The van der Waals surface area contributed by atoms with Crippen molar-refractivity contribution in [2.75, 3.05) is 37.5 Å². The molecule has 2 amide bonds. The van der Waals surface area contributed by atoms with Crippen LogP contribution in [0.5, 0.6) is 0 Å². The van der Waals surface area contributed by atoms with E-state index in [2.05, 4.69) is 24.1 Å². The van der Waals surface area contributed by atoms with E-state index in [4.69, 9.17) is 4.74 Å². The third-order valence-corrected chi connectivity index (χ3v) is 7.01. The lowest BCUT2D eigenvalue weighted by Crippen LogP contribution is -2.40. The van der Waals surface area contributed by atoms with E-state index in [9.17, 15) is 9.59 Å². The highest BCUT2D eigenvalue weighted by atomic mass is 16.5. The SMILES string of the molecule is CCC(CC)C(=O)N(Cc1cc(NC(=O)C2CCCC2)ccc1N(C)C)C[C@@H]1CCCO1. The summed E-state index contributed by atoms with van der Waals surface area (Å²) < 4.78 is 5.87. The molecule has 0 radical (unpaired) electrons. The van der Waals surface area contributed by atoms with Crippen molar-refractivity contribution in [2.45, 2.75) is 77.9 Å². The van der Waals surface area contributed by atoms with Gasteiger partial charge in [0.25, 0.3) is 0 Å². The Bertz CT molecular complexity index is 764. The van der Waals surface area contributed by atoms with Gasteiger partial charge in [-0.3, -0.25) is 9.59 Å². The number of ether oxygens (including phenoxy) is 1. The maximum Gasteiger partial charge on any atom is 0.227 e. The molecule has 3 rings (SSSR count). The van der Waals surface area contributed by atoms with Crippen LogP contribution in [0.4, 0.5) is 11.4 Å². The molecule has 1 aliphatic heterocycles. The summed E-state index contributed by atoms with van der Waals surface area (Å²) >= 11 is 0. The van der Waals surface area contributed by atoms with Gasteiger partial charge in [0.2, 0.25) is 11.8 Å². The molecule has 1 aromatic rings. The lowest BCUT2D eigenvalue weighted by Gasteiger charge is -2.30. The van der Waals surface area contributed by atoms with E-state index in [1.54, 1.807) is 0 Å². The first-order valence-corrected chi connectivity index (χ1v) is 12.4. The Balaban J connectivity index is 1.83. The van der Waals surface area contributed by atoms with Gasteiger partial charge in [-0.05, 0) is 62.3 Å². The number of rotatable bonds is 10. The Labute approximate surface area is 193 Å². The molecule has 2 fully saturated rings. The molecule has 0 unspecified atom stereocenters. The summed E-state index contributed by atoms with van der Waals surface area (Å²) in [6.45, 7) is 6.10. The molecule has 0 aromatic heterocycles. The zero-order chi connectivity index (χ0) is 23.1. The predicted molar refractivity (Wildman–Crippen MR) is 130 cm³/mol. The number of carbonyl (C=O) groups excluding carboxylic acids is 2. The molecule has 6 heteroatoms. The molecule has 1 aliphatic carbocycles. The number of carbonyl (C=O) groups is 2. The number of anilines is 2. The number of hydrogen-bond donors (Lipinski definition) is 1. The third-order valence-electron chi connectivity index (χ3n) is 7.01. The van der Waals surface area contributed by atoms with Crippen LogP contribution in [0, 0.1) is 11.8 Å². The van der Waals surface area contributed by atoms with Crippen LogP contribution in [-0.4, -0.2) is 50.1 Å². The van der Waals surface area contributed by atoms with E-state index in [0.29, 0.717) is 13.1 Å². The summed E-state index contributed by atoms with van der Waals surface area (Å²) in [6.07, 6.45) is 8.10. The van der Waals surface area contributed by atoms with Crippen molar-refractivity contribution >= 4 is 23.2 Å². The van der Waals surface area contributed by atoms with Crippen LogP contribution in [0.1, 0.15) is 70.8 Å². The topological polar surface area (TPSA) is 61.9 Å². The molecule has 32 heavy (non-hydrogen) atoms. The number of benzene rings is 1. The van der Waals surface area contributed by atoms with Crippen LogP contribution >= 0.6 is 0 Å². The zero-order valence-electron chi connectivity index (χ0n) is 20.4. The van der Waals surface area contributed by atoms with Gasteiger partial charge in [-0.1, -0.05) is 26.7 Å². The molecule has 1 saturated heterocycles. The highest BCUT2D eigenvalue weighted by Gasteiger charge is 2.28. The first-order valence-electron chi connectivity index (χ1n) is 12.4. The quantitative estimate of drug-likeness (QED) is 0.563. The number of amides is 2. The summed E-state index contributed by atoms with van der Waals surface area (Å²) in [6, 6.07) is 6.06.